The first-order valence-corrected chi connectivity index (χ1v) is 6.25. The Morgan fingerprint density at radius 3 is 2.31 bits per heavy atom. The van der Waals surface area contributed by atoms with Crippen LogP contribution in [0.4, 0.5) is 0 Å². The van der Waals surface area contributed by atoms with E-state index in [1.165, 1.54) is 18.4 Å². The lowest BCUT2D eigenvalue weighted by Gasteiger charge is -2.26. The summed E-state index contributed by atoms with van der Waals surface area (Å²) in [6.07, 6.45) is 2.69. The quantitative estimate of drug-likeness (QED) is 0.796. The Labute approximate surface area is 98.2 Å². The van der Waals surface area contributed by atoms with Gasteiger partial charge in [0.1, 0.15) is 0 Å². The van der Waals surface area contributed by atoms with Gasteiger partial charge >= 0.3 is 0 Å². The molecule has 16 heavy (non-hydrogen) atoms. The number of hydrogen-bond donors (Lipinski definition) is 2. The zero-order valence-electron chi connectivity index (χ0n) is 10.2. The molecule has 0 heterocycles. The first kappa shape index (κ1) is 11.6. The monoisotopic (exact) mass is 218 g/mol. The number of hydrogen-bond acceptors (Lipinski definition) is 2. The van der Waals surface area contributed by atoms with Crippen molar-refractivity contribution >= 4 is 0 Å². The van der Waals surface area contributed by atoms with Crippen LogP contribution in [0.15, 0.2) is 30.3 Å². The van der Waals surface area contributed by atoms with Crippen LogP contribution in [-0.4, -0.2) is 12.1 Å². The fourth-order valence-electron chi connectivity index (χ4n) is 2.03. The molecule has 3 N–H and O–H groups in total. The van der Waals surface area contributed by atoms with Crippen molar-refractivity contribution in [3.8, 4) is 0 Å². The molecule has 1 fully saturated rings. The van der Waals surface area contributed by atoms with Crippen molar-refractivity contribution in [2.75, 3.05) is 0 Å². The third-order valence-electron chi connectivity index (χ3n) is 3.48. The summed E-state index contributed by atoms with van der Waals surface area (Å²) >= 11 is 0. The maximum atomic E-state index is 5.92. The zero-order chi connectivity index (χ0) is 11.5. The van der Waals surface area contributed by atoms with E-state index in [4.69, 9.17) is 5.73 Å². The molecule has 0 amide bonds. The molecule has 0 bridgehead atoms. The van der Waals surface area contributed by atoms with Crippen molar-refractivity contribution in [2.24, 2.45) is 11.7 Å². The maximum Gasteiger partial charge on any atom is 0.0351 e. The van der Waals surface area contributed by atoms with E-state index in [1.807, 2.05) is 0 Å². The Balaban J connectivity index is 2.06. The summed E-state index contributed by atoms with van der Waals surface area (Å²) in [5.74, 6) is 0.809. The third kappa shape index (κ3) is 2.83. The van der Waals surface area contributed by atoms with Crippen molar-refractivity contribution in [2.45, 2.75) is 44.8 Å². The number of nitrogens with two attached hydrogens (primary N) is 1. The first-order valence-electron chi connectivity index (χ1n) is 6.25. The molecule has 2 nitrogen and oxygen atoms in total. The molecular formula is C14H22N2. The van der Waals surface area contributed by atoms with E-state index >= 15 is 0 Å². The second kappa shape index (κ2) is 4.98. The highest BCUT2D eigenvalue weighted by atomic mass is 15.0. The molecule has 88 valence electrons. The molecule has 1 saturated carbocycles. The fraction of sp³-hybridized carbons (Fsp3) is 0.571. The molecule has 0 spiro atoms. The van der Waals surface area contributed by atoms with Gasteiger partial charge in [-0.25, -0.2) is 0 Å². The lowest BCUT2D eigenvalue weighted by molar-refractivity contribution is 0.385. The number of rotatable bonds is 5. The van der Waals surface area contributed by atoms with Gasteiger partial charge in [0.15, 0.2) is 0 Å². The van der Waals surface area contributed by atoms with Crippen LogP contribution in [0, 0.1) is 5.92 Å². The van der Waals surface area contributed by atoms with Gasteiger partial charge in [0.25, 0.3) is 0 Å². The molecule has 0 aliphatic heterocycles. The molecular weight excluding hydrogens is 196 g/mol. The normalized spacial score (nSPS) is 21.4. The number of nitrogens with one attached hydrogen (secondary N) is 1. The van der Waals surface area contributed by atoms with Crippen LogP contribution < -0.4 is 11.1 Å². The van der Waals surface area contributed by atoms with Crippen molar-refractivity contribution in [1.82, 2.24) is 5.32 Å². The maximum absolute atomic E-state index is 5.92. The Bertz CT molecular complexity index is 317. The summed E-state index contributed by atoms with van der Waals surface area (Å²) in [5, 5.41) is 3.67. The summed E-state index contributed by atoms with van der Waals surface area (Å²) in [7, 11) is 0. The van der Waals surface area contributed by atoms with Crippen LogP contribution in [0.1, 0.15) is 38.3 Å². The first-order chi connectivity index (χ1) is 7.68. The van der Waals surface area contributed by atoms with Crippen LogP contribution in [0.3, 0.4) is 0 Å². The summed E-state index contributed by atoms with van der Waals surface area (Å²) in [6.45, 7) is 4.23. The van der Waals surface area contributed by atoms with E-state index in [0.717, 1.165) is 5.92 Å². The Kier molecular flexibility index (Phi) is 3.62. The highest BCUT2D eigenvalue weighted by molar-refractivity contribution is 5.21. The molecule has 0 aromatic heterocycles. The van der Waals surface area contributed by atoms with E-state index in [1.54, 1.807) is 0 Å². The van der Waals surface area contributed by atoms with Gasteiger partial charge in [0.05, 0.1) is 0 Å². The van der Waals surface area contributed by atoms with Gasteiger partial charge in [0.2, 0.25) is 0 Å². The van der Waals surface area contributed by atoms with Crippen molar-refractivity contribution < 1.29 is 0 Å². The highest BCUT2D eigenvalue weighted by Crippen LogP contribution is 2.41. The van der Waals surface area contributed by atoms with Gasteiger partial charge in [-0.15, -0.1) is 0 Å². The predicted octanol–water partition coefficient (Wildman–Crippen LogP) is 2.46. The van der Waals surface area contributed by atoms with E-state index in [9.17, 15) is 0 Å². The van der Waals surface area contributed by atoms with Crippen LogP contribution in [0.5, 0.6) is 0 Å². The third-order valence-corrected chi connectivity index (χ3v) is 3.48. The zero-order valence-corrected chi connectivity index (χ0v) is 10.2. The minimum Gasteiger partial charge on any atom is -0.327 e. The average molecular weight is 218 g/mol. The topological polar surface area (TPSA) is 38.0 Å². The molecule has 2 heteroatoms. The summed E-state index contributed by atoms with van der Waals surface area (Å²) in [4.78, 5) is 0. The Hall–Kier alpha value is -0.860. The van der Waals surface area contributed by atoms with E-state index in [-0.39, 0.29) is 6.04 Å². The van der Waals surface area contributed by atoms with Crippen molar-refractivity contribution in [3.63, 3.8) is 0 Å². The lowest BCUT2D eigenvalue weighted by atomic mass is 10.0. The molecule has 1 aromatic carbocycles. The van der Waals surface area contributed by atoms with Gasteiger partial charge in [-0.3, -0.25) is 0 Å². The van der Waals surface area contributed by atoms with Gasteiger partial charge in [-0.1, -0.05) is 30.3 Å². The predicted molar refractivity (Wildman–Crippen MR) is 68.2 cm³/mol. The molecule has 1 aliphatic carbocycles. The molecule has 1 aliphatic rings. The van der Waals surface area contributed by atoms with Gasteiger partial charge < -0.3 is 11.1 Å². The van der Waals surface area contributed by atoms with Gasteiger partial charge in [-0.05, 0) is 38.2 Å². The van der Waals surface area contributed by atoms with E-state index in [0.29, 0.717) is 12.1 Å². The van der Waals surface area contributed by atoms with Crippen molar-refractivity contribution in [3.05, 3.63) is 35.9 Å². The smallest absolute Gasteiger partial charge is 0.0351 e. The van der Waals surface area contributed by atoms with Crippen LogP contribution in [-0.2, 0) is 0 Å². The van der Waals surface area contributed by atoms with E-state index in [2.05, 4.69) is 49.5 Å². The molecule has 2 rings (SSSR count). The van der Waals surface area contributed by atoms with Crippen LogP contribution in [0.2, 0.25) is 0 Å². The summed E-state index contributed by atoms with van der Waals surface area (Å²) in [6, 6.07) is 11.8. The van der Waals surface area contributed by atoms with Gasteiger partial charge in [-0.2, -0.15) is 0 Å². The second-order valence-corrected chi connectivity index (χ2v) is 5.04. The molecule has 0 saturated heterocycles. The van der Waals surface area contributed by atoms with Gasteiger partial charge in [0, 0.05) is 18.1 Å². The Morgan fingerprint density at radius 2 is 1.81 bits per heavy atom. The molecule has 1 aromatic rings. The van der Waals surface area contributed by atoms with E-state index < -0.39 is 0 Å². The molecule has 3 atom stereocenters. The summed E-state index contributed by atoms with van der Waals surface area (Å²) < 4.78 is 0. The Morgan fingerprint density at radius 1 is 1.19 bits per heavy atom. The van der Waals surface area contributed by atoms with Crippen LogP contribution >= 0.6 is 0 Å². The molecule has 0 radical (unpaired) electrons. The van der Waals surface area contributed by atoms with Crippen molar-refractivity contribution in [1.29, 1.82) is 0 Å². The van der Waals surface area contributed by atoms with Crippen LogP contribution in [0.25, 0.3) is 0 Å². The highest BCUT2D eigenvalue weighted by Gasteiger charge is 2.33. The standard InChI is InChI=1S/C14H22N2/c1-10(15)11(2)16-14(13-8-9-13)12-6-4-3-5-7-12/h3-7,10-11,13-14,16H,8-9,15H2,1-2H3. The lowest BCUT2D eigenvalue weighted by Crippen LogP contribution is -2.43. The molecule has 3 unspecified atom stereocenters. The average Bonchev–Trinajstić information content (AvgIpc) is 3.10. The fourth-order valence-corrected chi connectivity index (χ4v) is 2.03. The minimum absolute atomic E-state index is 0.199. The summed E-state index contributed by atoms with van der Waals surface area (Å²) in [5.41, 5.74) is 7.32. The second-order valence-electron chi connectivity index (χ2n) is 5.04. The minimum atomic E-state index is 0.199. The SMILES string of the molecule is CC(N)C(C)NC(c1ccccc1)C1CC1. The number of benzene rings is 1. The largest absolute Gasteiger partial charge is 0.327 e.